The van der Waals surface area contributed by atoms with Crippen LogP contribution in [-0.2, 0) is 11.3 Å². The number of hydrogen-bond acceptors (Lipinski definition) is 5. The normalized spacial score (nSPS) is 21.4. The Hall–Kier alpha value is -1.76. The summed E-state index contributed by atoms with van der Waals surface area (Å²) in [7, 11) is 0. The Bertz CT molecular complexity index is 785. The van der Waals surface area contributed by atoms with E-state index in [4.69, 9.17) is 4.74 Å². The molecule has 2 saturated heterocycles. The highest BCUT2D eigenvalue weighted by Crippen LogP contribution is 2.38. The maximum absolute atomic E-state index is 12.6. The van der Waals surface area contributed by atoms with Crippen molar-refractivity contribution in [3.8, 4) is 0 Å². The summed E-state index contributed by atoms with van der Waals surface area (Å²) in [6, 6.07) is 7.18. The third kappa shape index (κ3) is 4.23. The molecule has 27 heavy (non-hydrogen) atoms. The third-order valence-electron chi connectivity index (χ3n) is 5.71. The van der Waals surface area contributed by atoms with E-state index in [0.29, 0.717) is 18.6 Å². The average Bonchev–Trinajstić information content (AvgIpc) is 3.37. The van der Waals surface area contributed by atoms with Gasteiger partial charge < -0.3 is 10.1 Å². The minimum Gasteiger partial charge on any atom is -0.381 e. The van der Waals surface area contributed by atoms with Crippen molar-refractivity contribution in [3.63, 3.8) is 0 Å². The van der Waals surface area contributed by atoms with Crippen molar-refractivity contribution in [2.75, 3.05) is 19.8 Å². The van der Waals surface area contributed by atoms with Gasteiger partial charge in [0.05, 0.1) is 4.88 Å². The van der Waals surface area contributed by atoms with Gasteiger partial charge in [-0.15, -0.1) is 11.3 Å². The summed E-state index contributed by atoms with van der Waals surface area (Å²) >= 11 is 1.65. The first-order valence-corrected chi connectivity index (χ1v) is 10.6. The van der Waals surface area contributed by atoms with Crippen molar-refractivity contribution in [1.29, 1.82) is 0 Å². The van der Waals surface area contributed by atoms with Gasteiger partial charge >= 0.3 is 0 Å². The Labute approximate surface area is 164 Å². The van der Waals surface area contributed by atoms with Gasteiger partial charge in [0.2, 0.25) is 0 Å². The second-order valence-electron chi connectivity index (χ2n) is 7.43. The molecule has 0 saturated carbocycles. The summed E-state index contributed by atoms with van der Waals surface area (Å²) < 4.78 is 5.53. The van der Waals surface area contributed by atoms with Crippen LogP contribution in [0, 0.1) is 6.92 Å². The molecule has 0 bridgehead atoms. The number of thiophene rings is 1. The maximum atomic E-state index is 12.6. The van der Waals surface area contributed by atoms with Crippen LogP contribution in [-0.4, -0.2) is 41.6 Å². The summed E-state index contributed by atoms with van der Waals surface area (Å²) in [6.07, 6.45) is 8.28. The lowest BCUT2D eigenvalue weighted by Gasteiger charge is -2.35. The van der Waals surface area contributed by atoms with Crippen molar-refractivity contribution in [3.05, 3.63) is 51.5 Å². The monoisotopic (exact) mass is 385 g/mol. The standard InChI is InChI=1S/C21H27N3O2S/c1-15-13-22-9-6-16(15)14-23-21(25)20-5-4-19(27-20)18-3-2-10-24(18)17-7-11-26-12-8-17/h4-6,9,13,17-18H,2-3,7-8,10-12,14H2,1H3,(H,23,25). The molecule has 0 aliphatic carbocycles. The Morgan fingerprint density at radius 1 is 1.30 bits per heavy atom. The number of pyridine rings is 1. The van der Waals surface area contributed by atoms with Crippen LogP contribution in [0.4, 0.5) is 0 Å². The highest BCUT2D eigenvalue weighted by atomic mass is 32.1. The number of hydrogen-bond donors (Lipinski definition) is 1. The van der Waals surface area contributed by atoms with Gasteiger partial charge in [-0.2, -0.15) is 0 Å². The molecule has 1 atom stereocenters. The van der Waals surface area contributed by atoms with Crippen molar-refractivity contribution in [2.24, 2.45) is 0 Å². The van der Waals surface area contributed by atoms with Crippen LogP contribution < -0.4 is 5.32 Å². The third-order valence-corrected chi connectivity index (χ3v) is 6.89. The largest absolute Gasteiger partial charge is 0.381 e. The summed E-state index contributed by atoms with van der Waals surface area (Å²) in [5, 5.41) is 3.05. The van der Waals surface area contributed by atoms with Crippen LogP contribution >= 0.6 is 11.3 Å². The Morgan fingerprint density at radius 2 is 2.15 bits per heavy atom. The first-order valence-electron chi connectivity index (χ1n) is 9.83. The SMILES string of the molecule is Cc1cnccc1CNC(=O)c1ccc(C2CCCN2C2CCOCC2)s1. The molecule has 2 aromatic heterocycles. The first kappa shape index (κ1) is 18.6. The molecule has 0 aromatic carbocycles. The average molecular weight is 386 g/mol. The van der Waals surface area contributed by atoms with Crippen molar-refractivity contribution < 1.29 is 9.53 Å². The van der Waals surface area contributed by atoms with E-state index in [1.54, 1.807) is 17.5 Å². The molecule has 2 aliphatic heterocycles. The van der Waals surface area contributed by atoms with Crippen molar-refractivity contribution in [1.82, 2.24) is 15.2 Å². The fourth-order valence-electron chi connectivity index (χ4n) is 4.17. The molecule has 0 radical (unpaired) electrons. The number of carbonyl (C=O) groups is 1. The van der Waals surface area contributed by atoms with Crippen LogP contribution in [0.1, 0.15) is 57.4 Å². The van der Waals surface area contributed by atoms with E-state index in [1.165, 1.54) is 17.7 Å². The van der Waals surface area contributed by atoms with Gasteiger partial charge in [-0.05, 0) is 68.5 Å². The highest BCUT2D eigenvalue weighted by Gasteiger charge is 2.33. The number of aryl methyl sites for hydroxylation is 1. The molecule has 2 fully saturated rings. The molecular weight excluding hydrogens is 358 g/mol. The highest BCUT2D eigenvalue weighted by molar-refractivity contribution is 7.14. The summed E-state index contributed by atoms with van der Waals surface area (Å²) in [4.78, 5) is 21.5. The van der Waals surface area contributed by atoms with E-state index < -0.39 is 0 Å². The van der Waals surface area contributed by atoms with Gasteiger partial charge in [-0.1, -0.05) is 0 Å². The van der Waals surface area contributed by atoms with Gasteiger partial charge in [0.15, 0.2) is 0 Å². The minimum absolute atomic E-state index is 0.0121. The fourth-order valence-corrected chi connectivity index (χ4v) is 5.25. The molecular formula is C21H27N3O2S. The topological polar surface area (TPSA) is 54.5 Å². The molecule has 1 N–H and O–H groups in total. The molecule has 4 heterocycles. The molecule has 2 aliphatic rings. The van der Waals surface area contributed by atoms with E-state index in [-0.39, 0.29) is 5.91 Å². The Kier molecular flexibility index (Phi) is 5.86. The van der Waals surface area contributed by atoms with E-state index in [2.05, 4.69) is 21.3 Å². The van der Waals surface area contributed by atoms with E-state index >= 15 is 0 Å². The molecule has 6 heteroatoms. The molecule has 1 amide bonds. The molecule has 5 nitrogen and oxygen atoms in total. The number of nitrogens with zero attached hydrogens (tertiary/aromatic N) is 2. The molecule has 144 valence electrons. The number of aromatic nitrogens is 1. The Morgan fingerprint density at radius 3 is 2.96 bits per heavy atom. The zero-order valence-electron chi connectivity index (χ0n) is 15.8. The number of nitrogens with one attached hydrogen (secondary N) is 1. The quantitative estimate of drug-likeness (QED) is 0.853. The second kappa shape index (κ2) is 8.50. The Balaban J connectivity index is 1.40. The van der Waals surface area contributed by atoms with Crippen LogP contribution in [0.3, 0.4) is 0 Å². The zero-order valence-corrected chi connectivity index (χ0v) is 16.6. The van der Waals surface area contributed by atoms with Crippen molar-refractivity contribution in [2.45, 2.75) is 51.2 Å². The lowest BCUT2D eigenvalue weighted by Crippen LogP contribution is -2.38. The van der Waals surface area contributed by atoms with Crippen molar-refractivity contribution >= 4 is 17.2 Å². The smallest absolute Gasteiger partial charge is 0.261 e. The molecule has 2 aromatic rings. The van der Waals surface area contributed by atoms with Crippen LogP contribution in [0.25, 0.3) is 0 Å². The fraction of sp³-hybridized carbons (Fsp3) is 0.524. The zero-order chi connectivity index (χ0) is 18.6. The maximum Gasteiger partial charge on any atom is 0.261 e. The number of likely N-dealkylation sites (tertiary alicyclic amines) is 1. The van der Waals surface area contributed by atoms with E-state index in [1.807, 2.05) is 25.3 Å². The molecule has 1 unspecified atom stereocenters. The lowest BCUT2D eigenvalue weighted by atomic mass is 10.1. The second-order valence-corrected chi connectivity index (χ2v) is 8.54. The van der Waals surface area contributed by atoms with E-state index in [0.717, 1.165) is 48.6 Å². The first-order chi connectivity index (χ1) is 13.2. The number of ether oxygens (including phenoxy) is 1. The predicted molar refractivity (Wildman–Crippen MR) is 107 cm³/mol. The van der Waals surface area contributed by atoms with Gasteiger partial charge in [-0.25, -0.2) is 0 Å². The molecule has 4 rings (SSSR count). The van der Waals surface area contributed by atoms with Gasteiger partial charge in [-0.3, -0.25) is 14.7 Å². The van der Waals surface area contributed by atoms with E-state index in [9.17, 15) is 4.79 Å². The van der Waals surface area contributed by atoms with Gasteiger partial charge in [0, 0.05) is 49.1 Å². The minimum atomic E-state index is 0.0121. The van der Waals surface area contributed by atoms with Gasteiger partial charge in [0.1, 0.15) is 0 Å². The predicted octanol–water partition coefficient (Wildman–Crippen LogP) is 3.70. The van der Waals surface area contributed by atoms with Gasteiger partial charge in [0.25, 0.3) is 5.91 Å². The summed E-state index contributed by atoms with van der Waals surface area (Å²) in [5.41, 5.74) is 2.21. The summed E-state index contributed by atoms with van der Waals surface area (Å²) in [6.45, 7) is 5.47. The molecule has 0 spiro atoms. The summed E-state index contributed by atoms with van der Waals surface area (Å²) in [5.74, 6) is 0.0121. The van der Waals surface area contributed by atoms with Crippen LogP contribution in [0.5, 0.6) is 0 Å². The number of rotatable bonds is 5. The number of carbonyl (C=O) groups excluding carboxylic acids is 1. The van der Waals surface area contributed by atoms with Crippen LogP contribution in [0.15, 0.2) is 30.6 Å². The number of amides is 1. The van der Waals surface area contributed by atoms with Crippen LogP contribution in [0.2, 0.25) is 0 Å². The lowest BCUT2D eigenvalue weighted by molar-refractivity contribution is 0.0295.